The molecule has 0 spiro atoms. The van der Waals surface area contributed by atoms with Gasteiger partial charge in [0.15, 0.2) is 0 Å². The molecule has 2 aromatic rings. The molecule has 0 N–H and O–H groups in total. The monoisotopic (exact) mass is 210 g/mol. The van der Waals surface area contributed by atoms with Crippen LogP contribution >= 0.6 is 0 Å². The van der Waals surface area contributed by atoms with Gasteiger partial charge in [-0.25, -0.2) is 0 Å². The van der Waals surface area contributed by atoms with Crippen LogP contribution in [0.1, 0.15) is 5.56 Å². The minimum Gasteiger partial charge on any atom is -0.259 e. The Morgan fingerprint density at radius 2 is 1.93 bits per heavy atom. The highest BCUT2D eigenvalue weighted by Crippen LogP contribution is 2.28. The van der Waals surface area contributed by atoms with Crippen molar-refractivity contribution in [2.75, 3.05) is 0 Å². The quantitative estimate of drug-likeness (QED) is 0.657. The summed E-state index contributed by atoms with van der Waals surface area (Å²) in [5.74, 6) is 0. The zero-order valence-electron chi connectivity index (χ0n) is 7.42. The van der Waals surface area contributed by atoms with Crippen molar-refractivity contribution in [3.05, 3.63) is 36.0 Å². The highest BCUT2D eigenvalue weighted by atomic mass is 19.4. The SMILES string of the molecule is N#Cc1ccc2c(ccn2C(F)(F)F)c1. The van der Waals surface area contributed by atoms with Crippen LogP contribution in [0.2, 0.25) is 0 Å². The summed E-state index contributed by atoms with van der Waals surface area (Å²) >= 11 is 0. The first-order valence-corrected chi connectivity index (χ1v) is 4.11. The lowest BCUT2D eigenvalue weighted by Crippen LogP contribution is -2.14. The van der Waals surface area contributed by atoms with E-state index in [0.717, 1.165) is 6.20 Å². The molecule has 0 radical (unpaired) electrons. The first-order chi connectivity index (χ1) is 7.02. The Morgan fingerprint density at radius 1 is 1.20 bits per heavy atom. The van der Waals surface area contributed by atoms with E-state index >= 15 is 0 Å². The first-order valence-electron chi connectivity index (χ1n) is 4.11. The summed E-state index contributed by atoms with van der Waals surface area (Å²) < 4.78 is 37.5. The van der Waals surface area contributed by atoms with Crippen LogP contribution in [0.3, 0.4) is 0 Å². The second kappa shape index (κ2) is 3.02. The van der Waals surface area contributed by atoms with Crippen LogP contribution < -0.4 is 0 Å². The molecular weight excluding hydrogens is 205 g/mol. The molecule has 1 heterocycles. The number of aromatic nitrogens is 1. The Morgan fingerprint density at radius 3 is 2.53 bits per heavy atom. The molecule has 0 bridgehead atoms. The van der Waals surface area contributed by atoms with Crippen LogP contribution in [0.25, 0.3) is 10.9 Å². The largest absolute Gasteiger partial charge is 0.488 e. The number of hydrogen-bond donors (Lipinski definition) is 0. The Bertz CT molecular complexity index is 546. The van der Waals surface area contributed by atoms with Crippen LogP contribution in [0, 0.1) is 11.3 Å². The number of rotatable bonds is 0. The van der Waals surface area contributed by atoms with Crippen molar-refractivity contribution in [3.63, 3.8) is 0 Å². The molecule has 0 atom stereocenters. The van der Waals surface area contributed by atoms with Gasteiger partial charge in [-0.15, -0.1) is 13.2 Å². The van der Waals surface area contributed by atoms with Gasteiger partial charge in [-0.1, -0.05) is 0 Å². The number of nitrogens with zero attached hydrogens (tertiary/aromatic N) is 2. The van der Waals surface area contributed by atoms with Gasteiger partial charge in [0.1, 0.15) is 0 Å². The van der Waals surface area contributed by atoms with Gasteiger partial charge < -0.3 is 0 Å². The molecule has 0 saturated carbocycles. The van der Waals surface area contributed by atoms with Crippen LogP contribution in [0.5, 0.6) is 0 Å². The Hall–Kier alpha value is -1.96. The molecule has 1 aromatic carbocycles. The lowest BCUT2D eigenvalue weighted by Gasteiger charge is -2.08. The van der Waals surface area contributed by atoms with Gasteiger partial charge in [0.25, 0.3) is 0 Å². The topological polar surface area (TPSA) is 28.7 Å². The third-order valence-corrected chi connectivity index (χ3v) is 2.09. The minimum absolute atomic E-state index is 0.0569. The third kappa shape index (κ3) is 1.54. The average Bonchev–Trinajstić information content (AvgIpc) is 2.59. The lowest BCUT2D eigenvalue weighted by molar-refractivity contribution is -0.200. The van der Waals surface area contributed by atoms with Crippen molar-refractivity contribution in [3.8, 4) is 6.07 Å². The van der Waals surface area contributed by atoms with Crippen molar-refractivity contribution >= 4 is 10.9 Å². The van der Waals surface area contributed by atoms with E-state index in [0.29, 0.717) is 10.9 Å². The van der Waals surface area contributed by atoms with E-state index in [9.17, 15) is 13.2 Å². The summed E-state index contributed by atoms with van der Waals surface area (Å²) in [4.78, 5) is 0. The summed E-state index contributed by atoms with van der Waals surface area (Å²) in [6.07, 6.45) is -3.47. The van der Waals surface area contributed by atoms with Crippen molar-refractivity contribution in [2.24, 2.45) is 0 Å². The molecule has 0 aliphatic heterocycles. The second-order valence-electron chi connectivity index (χ2n) is 3.04. The van der Waals surface area contributed by atoms with Crippen LogP contribution in [0.4, 0.5) is 13.2 Å². The Kier molecular flexibility index (Phi) is 1.93. The van der Waals surface area contributed by atoms with Gasteiger partial charge in [0.2, 0.25) is 0 Å². The molecule has 0 unspecified atom stereocenters. The minimum atomic E-state index is -4.42. The number of nitriles is 1. The maximum absolute atomic E-state index is 12.4. The van der Waals surface area contributed by atoms with Gasteiger partial charge in [-0.05, 0) is 24.3 Å². The fraction of sp³-hybridized carbons (Fsp3) is 0.100. The highest BCUT2D eigenvalue weighted by Gasteiger charge is 2.31. The first kappa shape index (κ1) is 9.59. The molecule has 0 aliphatic carbocycles. The maximum atomic E-state index is 12.4. The van der Waals surface area contributed by atoms with E-state index < -0.39 is 6.30 Å². The molecule has 15 heavy (non-hydrogen) atoms. The summed E-state index contributed by atoms with van der Waals surface area (Å²) in [6, 6.07) is 7.30. The predicted molar refractivity (Wildman–Crippen MR) is 48.0 cm³/mol. The van der Waals surface area contributed by atoms with E-state index in [1.165, 1.54) is 24.3 Å². The van der Waals surface area contributed by atoms with E-state index in [4.69, 9.17) is 5.26 Å². The van der Waals surface area contributed by atoms with Crippen molar-refractivity contribution < 1.29 is 13.2 Å². The number of alkyl halides is 3. The predicted octanol–water partition coefficient (Wildman–Crippen LogP) is 2.99. The van der Waals surface area contributed by atoms with Crippen molar-refractivity contribution in [1.82, 2.24) is 4.57 Å². The van der Waals surface area contributed by atoms with Crippen molar-refractivity contribution in [1.29, 1.82) is 5.26 Å². The van der Waals surface area contributed by atoms with Crippen LogP contribution in [-0.2, 0) is 6.30 Å². The molecular formula is C10H5F3N2. The van der Waals surface area contributed by atoms with Gasteiger partial charge in [-0.2, -0.15) is 5.26 Å². The lowest BCUT2D eigenvalue weighted by atomic mass is 10.2. The standard InChI is InChI=1S/C10H5F3N2/c11-10(12,13)15-4-3-8-5-7(6-14)1-2-9(8)15/h1-5H. The molecule has 2 nitrogen and oxygen atoms in total. The number of benzene rings is 1. The van der Waals surface area contributed by atoms with Gasteiger partial charge >= 0.3 is 6.30 Å². The molecule has 1 aromatic heterocycles. The normalized spacial score (nSPS) is 11.6. The molecule has 5 heteroatoms. The zero-order valence-corrected chi connectivity index (χ0v) is 7.42. The second-order valence-corrected chi connectivity index (χ2v) is 3.04. The Balaban J connectivity index is 2.69. The van der Waals surface area contributed by atoms with E-state index in [2.05, 4.69) is 0 Å². The molecule has 0 aliphatic rings. The average molecular weight is 210 g/mol. The summed E-state index contributed by atoms with van der Waals surface area (Å²) in [7, 11) is 0. The molecule has 0 saturated heterocycles. The number of hydrogen-bond acceptors (Lipinski definition) is 1. The van der Waals surface area contributed by atoms with Crippen LogP contribution in [-0.4, -0.2) is 4.57 Å². The molecule has 0 amide bonds. The molecule has 76 valence electrons. The van der Waals surface area contributed by atoms with E-state index in [1.807, 2.05) is 6.07 Å². The van der Waals surface area contributed by atoms with Gasteiger partial charge in [-0.3, -0.25) is 4.57 Å². The molecule has 2 rings (SSSR count). The fourth-order valence-electron chi connectivity index (χ4n) is 1.43. The zero-order chi connectivity index (χ0) is 11.1. The highest BCUT2D eigenvalue weighted by molar-refractivity contribution is 5.81. The maximum Gasteiger partial charge on any atom is 0.488 e. The van der Waals surface area contributed by atoms with Crippen molar-refractivity contribution in [2.45, 2.75) is 6.30 Å². The van der Waals surface area contributed by atoms with E-state index in [-0.39, 0.29) is 10.1 Å². The Labute approximate surface area is 83.2 Å². The number of fused-ring (bicyclic) bond motifs is 1. The van der Waals surface area contributed by atoms with Gasteiger partial charge in [0, 0.05) is 11.6 Å². The summed E-state index contributed by atoms with van der Waals surface area (Å²) in [6.45, 7) is 0. The van der Waals surface area contributed by atoms with Gasteiger partial charge in [0.05, 0.1) is 17.1 Å². The van der Waals surface area contributed by atoms with E-state index in [1.54, 1.807) is 0 Å². The number of halogens is 3. The van der Waals surface area contributed by atoms with Crippen LogP contribution in [0.15, 0.2) is 30.5 Å². The third-order valence-electron chi connectivity index (χ3n) is 2.09. The summed E-state index contributed by atoms with van der Waals surface area (Å²) in [5, 5.41) is 8.99. The summed E-state index contributed by atoms with van der Waals surface area (Å²) in [5.41, 5.74) is 0.406. The smallest absolute Gasteiger partial charge is 0.259 e. The fourth-order valence-corrected chi connectivity index (χ4v) is 1.43. The molecule has 0 fully saturated rings.